The number of carbonyl (C=O) groups is 1. The number of ether oxygens (including phenoxy) is 1. The van der Waals surface area contributed by atoms with Gasteiger partial charge in [-0.3, -0.25) is 10.1 Å². The zero-order valence-corrected chi connectivity index (χ0v) is 8.52. The minimum Gasteiger partial charge on any atom is -0.477 e. The van der Waals surface area contributed by atoms with E-state index in [-0.39, 0.29) is 5.56 Å². The van der Waals surface area contributed by atoms with Crippen LogP contribution in [-0.2, 0) is 0 Å². The molecule has 92 valence electrons. The van der Waals surface area contributed by atoms with Crippen molar-refractivity contribution in [2.45, 2.75) is 13.5 Å². The van der Waals surface area contributed by atoms with Gasteiger partial charge in [-0.15, -0.1) is 0 Å². The van der Waals surface area contributed by atoms with E-state index < -0.39 is 34.5 Å². The lowest BCUT2D eigenvalue weighted by atomic mass is 10.1. The van der Waals surface area contributed by atoms with Gasteiger partial charge in [-0.2, -0.15) is 8.78 Å². The maximum atomic E-state index is 12.0. The molecule has 0 aliphatic rings. The van der Waals surface area contributed by atoms with Crippen LogP contribution in [-0.4, -0.2) is 22.6 Å². The van der Waals surface area contributed by atoms with Gasteiger partial charge in [0.1, 0.15) is 11.3 Å². The smallest absolute Gasteiger partial charge is 0.387 e. The molecule has 1 aromatic carbocycles. The zero-order chi connectivity index (χ0) is 13.2. The maximum absolute atomic E-state index is 12.0. The second-order valence-corrected chi connectivity index (χ2v) is 3.08. The summed E-state index contributed by atoms with van der Waals surface area (Å²) >= 11 is 0. The fourth-order valence-corrected chi connectivity index (χ4v) is 1.22. The van der Waals surface area contributed by atoms with Gasteiger partial charge in [0.25, 0.3) is 5.69 Å². The van der Waals surface area contributed by atoms with Crippen LogP contribution in [0.2, 0.25) is 0 Å². The third kappa shape index (κ3) is 2.86. The van der Waals surface area contributed by atoms with Crippen molar-refractivity contribution in [3.63, 3.8) is 0 Å². The van der Waals surface area contributed by atoms with E-state index in [2.05, 4.69) is 4.74 Å². The van der Waals surface area contributed by atoms with E-state index in [0.29, 0.717) is 6.07 Å². The number of alkyl halides is 2. The number of nitrogens with zero attached hydrogens (tertiary/aromatic N) is 1. The number of halogens is 2. The highest BCUT2D eigenvalue weighted by molar-refractivity contribution is 5.93. The highest BCUT2D eigenvalue weighted by Gasteiger charge is 2.23. The van der Waals surface area contributed by atoms with Crippen LogP contribution in [0.25, 0.3) is 0 Å². The fourth-order valence-electron chi connectivity index (χ4n) is 1.22. The molecule has 1 aromatic rings. The number of aromatic carboxylic acids is 1. The number of carboxylic acid groups (broad SMARTS) is 1. The summed E-state index contributed by atoms with van der Waals surface area (Å²) < 4.78 is 28.0. The molecule has 0 heterocycles. The lowest BCUT2D eigenvalue weighted by Gasteiger charge is -2.08. The standard InChI is InChI=1S/C9H7F2NO5/c1-4-2-5(8(13)14)6(12(15)16)3-7(4)17-9(10)11/h2-3,9H,1H3,(H,13,14). The van der Waals surface area contributed by atoms with Crippen molar-refractivity contribution in [3.05, 3.63) is 33.4 Å². The van der Waals surface area contributed by atoms with Crippen LogP contribution >= 0.6 is 0 Å². The topological polar surface area (TPSA) is 89.7 Å². The molecule has 0 aromatic heterocycles. The number of nitro benzene ring substituents is 1. The summed E-state index contributed by atoms with van der Waals surface area (Å²) in [5.41, 5.74) is -1.29. The van der Waals surface area contributed by atoms with Gasteiger partial charge < -0.3 is 9.84 Å². The molecule has 0 radical (unpaired) electrons. The number of carboxylic acids is 1. The summed E-state index contributed by atoms with van der Waals surface area (Å²) in [6.45, 7) is -1.82. The van der Waals surface area contributed by atoms with Crippen molar-refractivity contribution >= 4 is 11.7 Å². The minimum atomic E-state index is -3.14. The summed E-state index contributed by atoms with van der Waals surface area (Å²) in [5.74, 6) is -1.93. The van der Waals surface area contributed by atoms with Crippen molar-refractivity contribution in [3.8, 4) is 5.75 Å². The van der Waals surface area contributed by atoms with Gasteiger partial charge in [0.15, 0.2) is 0 Å². The predicted molar refractivity (Wildman–Crippen MR) is 51.4 cm³/mol. The summed E-state index contributed by atoms with van der Waals surface area (Å²) in [6.07, 6.45) is 0. The summed E-state index contributed by atoms with van der Waals surface area (Å²) in [4.78, 5) is 20.3. The molecule has 0 fully saturated rings. The molecule has 0 unspecified atom stereocenters. The normalized spacial score (nSPS) is 10.4. The number of hydrogen-bond acceptors (Lipinski definition) is 4. The van der Waals surface area contributed by atoms with Gasteiger partial charge in [0.05, 0.1) is 11.0 Å². The van der Waals surface area contributed by atoms with Crippen molar-refractivity contribution in [1.29, 1.82) is 0 Å². The second-order valence-electron chi connectivity index (χ2n) is 3.08. The Balaban J connectivity index is 3.34. The van der Waals surface area contributed by atoms with Crippen molar-refractivity contribution in [1.82, 2.24) is 0 Å². The average molecular weight is 247 g/mol. The van der Waals surface area contributed by atoms with Gasteiger partial charge in [0, 0.05) is 0 Å². The largest absolute Gasteiger partial charge is 0.477 e. The number of hydrogen-bond donors (Lipinski definition) is 1. The van der Waals surface area contributed by atoms with Gasteiger partial charge in [-0.1, -0.05) is 0 Å². The summed E-state index contributed by atoms with van der Waals surface area (Å²) in [5, 5.41) is 19.3. The highest BCUT2D eigenvalue weighted by atomic mass is 19.3. The zero-order valence-electron chi connectivity index (χ0n) is 8.52. The number of benzene rings is 1. The molecule has 17 heavy (non-hydrogen) atoms. The van der Waals surface area contributed by atoms with Crippen LogP contribution in [0.4, 0.5) is 14.5 Å². The molecule has 0 saturated heterocycles. The molecule has 1 N–H and O–H groups in total. The Morgan fingerprint density at radius 2 is 2.12 bits per heavy atom. The van der Waals surface area contributed by atoms with Gasteiger partial charge in [0.2, 0.25) is 0 Å². The fraction of sp³-hybridized carbons (Fsp3) is 0.222. The predicted octanol–water partition coefficient (Wildman–Crippen LogP) is 2.20. The Hall–Kier alpha value is -2.25. The van der Waals surface area contributed by atoms with E-state index in [1.165, 1.54) is 6.92 Å². The number of rotatable bonds is 4. The SMILES string of the molecule is Cc1cc(C(=O)O)c([N+](=O)[O-])cc1OC(F)F. The lowest BCUT2D eigenvalue weighted by molar-refractivity contribution is -0.385. The number of nitro groups is 1. The Labute approximate surface area is 93.6 Å². The number of aryl methyl sites for hydroxylation is 1. The van der Waals surface area contributed by atoms with E-state index >= 15 is 0 Å². The summed E-state index contributed by atoms with van der Waals surface area (Å²) in [7, 11) is 0. The molecule has 0 aliphatic carbocycles. The second kappa shape index (κ2) is 4.73. The third-order valence-electron chi connectivity index (χ3n) is 1.94. The molecule has 0 bridgehead atoms. The van der Waals surface area contributed by atoms with E-state index in [1.54, 1.807) is 0 Å². The van der Waals surface area contributed by atoms with Gasteiger partial charge >= 0.3 is 12.6 Å². The van der Waals surface area contributed by atoms with Crippen molar-refractivity contribution < 1.29 is 28.3 Å². The van der Waals surface area contributed by atoms with Gasteiger partial charge in [-0.05, 0) is 18.6 Å². The first-order chi connectivity index (χ1) is 7.82. The third-order valence-corrected chi connectivity index (χ3v) is 1.94. The van der Waals surface area contributed by atoms with Crippen LogP contribution in [0.1, 0.15) is 15.9 Å². The van der Waals surface area contributed by atoms with Crippen LogP contribution in [0.5, 0.6) is 5.75 Å². The van der Waals surface area contributed by atoms with Crippen LogP contribution in [0.3, 0.4) is 0 Å². The first-order valence-electron chi connectivity index (χ1n) is 4.30. The maximum Gasteiger partial charge on any atom is 0.387 e. The Morgan fingerprint density at radius 1 is 1.53 bits per heavy atom. The molecule has 0 atom stereocenters. The quantitative estimate of drug-likeness (QED) is 0.650. The summed E-state index contributed by atoms with van der Waals surface area (Å²) in [6, 6.07) is 1.59. The molecule has 8 heteroatoms. The van der Waals surface area contributed by atoms with E-state index in [9.17, 15) is 23.7 Å². The van der Waals surface area contributed by atoms with Crippen LogP contribution < -0.4 is 4.74 Å². The first-order valence-corrected chi connectivity index (χ1v) is 4.30. The minimum absolute atomic E-state index is 0.0771. The van der Waals surface area contributed by atoms with Crippen molar-refractivity contribution in [2.24, 2.45) is 0 Å². The molecule has 0 amide bonds. The lowest BCUT2D eigenvalue weighted by Crippen LogP contribution is -2.07. The van der Waals surface area contributed by atoms with E-state index in [0.717, 1.165) is 6.07 Å². The van der Waals surface area contributed by atoms with Crippen LogP contribution in [0.15, 0.2) is 12.1 Å². The Morgan fingerprint density at radius 3 is 2.53 bits per heavy atom. The first kappa shape index (κ1) is 12.8. The molecule has 1 rings (SSSR count). The van der Waals surface area contributed by atoms with Crippen LogP contribution in [0, 0.1) is 17.0 Å². The molecule has 0 saturated carbocycles. The molecule has 6 nitrogen and oxygen atoms in total. The Bertz CT molecular complexity index is 475. The molecular weight excluding hydrogens is 240 g/mol. The molecular formula is C9H7F2NO5. The average Bonchev–Trinajstić information content (AvgIpc) is 2.19. The van der Waals surface area contributed by atoms with Gasteiger partial charge in [-0.25, -0.2) is 4.79 Å². The van der Waals surface area contributed by atoms with E-state index in [1.807, 2.05) is 0 Å². The Kier molecular flexibility index (Phi) is 3.56. The molecule has 0 spiro atoms. The monoisotopic (exact) mass is 247 g/mol. The van der Waals surface area contributed by atoms with E-state index in [4.69, 9.17) is 5.11 Å². The molecule has 0 aliphatic heterocycles. The van der Waals surface area contributed by atoms with Crippen molar-refractivity contribution in [2.75, 3.05) is 0 Å². The highest BCUT2D eigenvalue weighted by Crippen LogP contribution is 2.29.